The normalized spacial score (nSPS) is 15.0. The second-order valence-electron chi connectivity index (χ2n) is 8.10. The Morgan fingerprint density at radius 2 is 1.83 bits per heavy atom. The number of amides is 3. The summed E-state index contributed by atoms with van der Waals surface area (Å²) in [4.78, 5) is 41.9. The van der Waals surface area contributed by atoms with Gasteiger partial charge in [0, 0.05) is 45.7 Å². The maximum absolute atomic E-state index is 13.0. The van der Waals surface area contributed by atoms with Crippen molar-refractivity contribution in [3.05, 3.63) is 35.9 Å². The molecule has 3 amide bonds. The van der Waals surface area contributed by atoms with Crippen LogP contribution in [0.5, 0.6) is 0 Å². The molecular weight excluding hydrogens is 384 g/mol. The van der Waals surface area contributed by atoms with E-state index in [0.717, 1.165) is 18.5 Å². The van der Waals surface area contributed by atoms with Crippen LogP contribution in [-0.4, -0.2) is 78.5 Å². The Labute approximate surface area is 178 Å². The third-order valence-corrected chi connectivity index (χ3v) is 4.94. The van der Waals surface area contributed by atoms with Crippen LogP contribution in [0.4, 0.5) is 4.79 Å². The molecule has 0 bridgehead atoms. The fraction of sp³-hybridized carbons (Fsp3) is 0.591. The molecule has 1 aliphatic rings. The van der Waals surface area contributed by atoms with Crippen molar-refractivity contribution < 1.29 is 19.1 Å². The molecule has 8 heteroatoms. The van der Waals surface area contributed by atoms with Crippen molar-refractivity contribution in [3.63, 3.8) is 0 Å². The third-order valence-electron chi connectivity index (χ3n) is 4.94. The molecule has 1 fully saturated rings. The van der Waals surface area contributed by atoms with Crippen molar-refractivity contribution in [1.29, 1.82) is 0 Å². The third kappa shape index (κ3) is 8.41. The molecule has 0 spiro atoms. The highest BCUT2D eigenvalue weighted by Crippen LogP contribution is 2.09. The van der Waals surface area contributed by atoms with Crippen molar-refractivity contribution in [2.45, 2.75) is 33.2 Å². The van der Waals surface area contributed by atoms with Gasteiger partial charge in [0.05, 0.1) is 13.2 Å². The van der Waals surface area contributed by atoms with Crippen molar-refractivity contribution in [3.8, 4) is 0 Å². The Hall–Kier alpha value is -2.61. The SMILES string of the molecule is CC(C)COC(=O)N1CCCN(CC(=O)N(CCC(N)=O)Cc2ccccc2)CC1. The van der Waals surface area contributed by atoms with Crippen LogP contribution in [0.1, 0.15) is 32.3 Å². The van der Waals surface area contributed by atoms with E-state index in [1.807, 2.05) is 44.2 Å². The van der Waals surface area contributed by atoms with Crippen molar-refractivity contribution in [2.75, 3.05) is 45.9 Å². The second kappa shape index (κ2) is 12.2. The maximum atomic E-state index is 13.0. The van der Waals surface area contributed by atoms with Crippen LogP contribution in [0.15, 0.2) is 30.3 Å². The van der Waals surface area contributed by atoms with Gasteiger partial charge in [0.15, 0.2) is 0 Å². The highest BCUT2D eigenvalue weighted by Gasteiger charge is 2.23. The Bertz CT molecular complexity index is 696. The molecule has 2 rings (SSSR count). The molecule has 8 nitrogen and oxygen atoms in total. The van der Waals surface area contributed by atoms with Crippen LogP contribution in [0.3, 0.4) is 0 Å². The predicted molar refractivity (Wildman–Crippen MR) is 114 cm³/mol. The molecule has 1 aromatic carbocycles. The summed E-state index contributed by atoms with van der Waals surface area (Å²) >= 11 is 0. The number of carbonyl (C=O) groups excluding carboxylic acids is 3. The maximum Gasteiger partial charge on any atom is 0.409 e. The van der Waals surface area contributed by atoms with E-state index < -0.39 is 5.91 Å². The van der Waals surface area contributed by atoms with Gasteiger partial charge >= 0.3 is 6.09 Å². The van der Waals surface area contributed by atoms with Crippen LogP contribution < -0.4 is 5.73 Å². The van der Waals surface area contributed by atoms with Gasteiger partial charge in [-0.05, 0) is 17.9 Å². The van der Waals surface area contributed by atoms with Crippen LogP contribution in [0.25, 0.3) is 0 Å². The number of nitrogens with two attached hydrogens (primary N) is 1. The van der Waals surface area contributed by atoms with Crippen molar-refractivity contribution >= 4 is 17.9 Å². The average Bonchev–Trinajstić information content (AvgIpc) is 2.95. The smallest absolute Gasteiger partial charge is 0.409 e. The molecule has 166 valence electrons. The molecule has 1 aromatic rings. The molecule has 30 heavy (non-hydrogen) atoms. The fourth-order valence-corrected chi connectivity index (χ4v) is 3.27. The lowest BCUT2D eigenvalue weighted by Gasteiger charge is -2.27. The van der Waals surface area contributed by atoms with Crippen molar-refractivity contribution in [1.82, 2.24) is 14.7 Å². The Morgan fingerprint density at radius 3 is 2.50 bits per heavy atom. The first kappa shape index (κ1) is 23.7. The highest BCUT2D eigenvalue weighted by atomic mass is 16.6. The van der Waals surface area contributed by atoms with E-state index in [1.165, 1.54) is 0 Å². The first-order valence-corrected chi connectivity index (χ1v) is 10.6. The molecule has 0 saturated carbocycles. The Morgan fingerprint density at radius 1 is 1.10 bits per heavy atom. The highest BCUT2D eigenvalue weighted by molar-refractivity contribution is 5.79. The van der Waals surface area contributed by atoms with Gasteiger partial charge in [-0.2, -0.15) is 0 Å². The van der Waals surface area contributed by atoms with Crippen LogP contribution in [0, 0.1) is 5.92 Å². The minimum atomic E-state index is -0.425. The summed E-state index contributed by atoms with van der Waals surface area (Å²) in [7, 11) is 0. The lowest BCUT2D eigenvalue weighted by Crippen LogP contribution is -2.43. The fourth-order valence-electron chi connectivity index (χ4n) is 3.27. The van der Waals surface area contributed by atoms with E-state index in [1.54, 1.807) is 9.80 Å². The van der Waals surface area contributed by atoms with Gasteiger partial charge in [0.1, 0.15) is 0 Å². The van der Waals surface area contributed by atoms with Gasteiger partial charge in [0.2, 0.25) is 11.8 Å². The lowest BCUT2D eigenvalue weighted by atomic mass is 10.2. The number of primary amides is 1. The number of hydrogen-bond donors (Lipinski definition) is 1. The van der Waals surface area contributed by atoms with Crippen molar-refractivity contribution in [2.24, 2.45) is 11.7 Å². The van der Waals surface area contributed by atoms with E-state index in [4.69, 9.17) is 10.5 Å². The first-order chi connectivity index (χ1) is 14.3. The van der Waals surface area contributed by atoms with Gasteiger partial charge < -0.3 is 20.3 Å². The Balaban J connectivity index is 1.90. The number of ether oxygens (including phenoxy) is 1. The predicted octanol–water partition coefficient (Wildman–Crippen LogP) is 1.69. The number of nitrogens with zero attached hydrogens (tertiary/aromatic N) is 3. The second-order valence-corrected chi connectivity index (χ2v) is 8.10. The minimum absolute atomic E-state index is 0.0454. The van der Waals surface area contributed by atoms with E-state index in [-0.39, 0.29) is 25.0 Å². The van der Waals surface area contributed by atoms with Gasteiger partial charge in [0.25, 0.3) is 0 Å². The zero-order chi connectivity index (χ0) is 21.9. The molecule has 1 heterocycles. The molecule has 2 N–H and O–H groups in total. The standard InChI is InChI=1S/C22H34N4O4/c1-18(2)17-30-22(29)25-11-6-10-24(13-14-25)16-21(28)26(12-9-20(23)27)15-19-7-4-3-5-8-19/h3-5,7-8,18H,6,9-17H2,1-2H3,(H2,23,27). The van der Waals surface area contributed by atoms with E-state index in [2.05, 4.69) is 4.90 Å². The van der Waals surface area contributed by atoms with Gasteiger partial charge in [-0.1, -0.05) is 44.2 Å². The van der Waals surface area contributed by atoms with Gasteiger partial charge in [-0.25, -0.2) is 4.79 Å². The number of carbonyl (C=O) groups is 3. The Kier molecular flexibility index (Phi) is 9.60. The molecule has 0 unspecified atom stereocenters. The summed E-state index contributed by atoms with van der Waals surface area (Å²) in [6, 6.07) is 9.68. The minimum Gasteiger partial charge on any atom is -0.449 e. The molecule has 1 saturated heterocycles. The molecule has 0 atom stereocenters. The van der Waals surface area contributed by atoms with Gasteiger partial charge in [-0.15, -0.1) is 0 Å². The number of hydrogen-bond acceptors (Lipinski definition) is 5. The van der Waals surface area contributed by atoms with Crippen LogP contribution >= 0.6 is 0 Å². The van der Waals surface area contributed by atoms with Gasteiger partial charge in [-0.3, -0.25) is 14.5 Å². The quantitative estimate of drug-likeness (QED) is 0.658. The lowest BCUT2D eigenvalue weighted by molar-refractivity contribution is -0.133. The van der Waals surface area contributed by atoms with Crippen LogP contribution in [0.2, 0.25) is 0 Å². The number of rotatable bonds is 9. The largest absolute Gasteiger partial charge is 0.449 e. The summed E-state index contributed by atoms with van der Waals surface area (Å²) in [5.74, 6) is -0.173. The summed E-state index contributed by atoms with van der Waals surface area (Å²) in [5.41, 5.74) is 6.29. The summed E-state index contributed by atoms with van der Waals surface area (Å²) in [5, 5.41) is 0. The summed E-state index contributed by atoms with van der Waals surface area (Å²) < 4.78 is 5.32. The molecule has 0 radical (unpaired) electrons. The van der Waals surface area contributed by atoms with E-state index >= 15 is 0 Å². The monoisotopic (exact) mass is 418 g/mol. The average molecular weight is 419 g/mol. The number of benzene rings is 1. The van der Waals surface area contributed by atoms with E-state index in [0.29, 0.717) is 45.2 Å². The zero-order valence-electron chi connectivity index (χ0n) is 18.1. The molecular formula is C22H34N4O4. The van der Waals surface area contributed by atoms with Crippen LogP contribution in [-0.2, 0) is 20.9 Å². The topological polar surface area (TPSA) is 96.2 Å². The first-order valence-electron chi connectivity index (χ1n) is 10.6. The summed E-state index contributed by atoms with van der Waals surface area (Å²) in [6.07, 6.45) is 0.627. The molecule has 1 aliphatic heterocycles. The molecule has 0 aromatic heterocycles. The van der Waals surface area contributed by atoms with E-state index in [9.17, 15) is 14.4 Å². The summed E-state index contributed by atoms with van der Waals surface area (Å²) in [6.45, 7) is 7.89. The molecule has 0 aliphatic carbocycles. The zero-order valence-corrected chi connectivity index (χ0v) is 18.1.